The second-order valence-electron chi connectivity index (χ2n) is 5.13. The van der Waals surface area contributed by atoms with Crippen molar-refractivity contribution in [1.82, 2.24) is 10.3 Å². The van der Waals surface area contributed by atoms with Gasteiger partial charge in [-0.3, -0.25) is 24.7 Å². The van der Waals surface area contributed by atoms with Gasteiger partial charge < -0.3 is 15.8 Å². The summed E-state index contributed by atoms with van der Waals surface area (Å²) in [6.45, 7) is 0. The predicted octanol–water partition coefficient (Wildman–Crippen LogP) is 0.825. The summed E-state index contributed by atoms with van der Waals surface area (Å²) in [6, 6.07) is 6.05. The fourth-order valence-electron chi connectivity index (χ4n) is 2.22. The lowest BCUT2D eigenvalue weighted by Gasteiger charge is -2.17. The number of hydrogen-bond donors (Lipinski definition) is 2. The van der Waals surface area contributed by atoms with E-state index in [-0.39, 0.29) is 17.7 Å². The van der Waals surface area contributed by atoms with Crippen LogP contribution in [0.3, 0.4) is 0 Å². The molecule has 3 N–H and O–H groups in total. The first-order valence-electron chi connectivity index (χ1n) is 7.24. The molecule has 9 nitrogen and oxygen atoms in total. The van der Waals surface area contributed by atoms with Gasteiger partial charge in [-0.1, -0.05) is 0 Å². The number of carbonyl (C=O) groups excluding carboxylic acids is 2. The molecular weight excluding hydrogens is 328 g/mol. The minimum absolute atomic E-state index is 0.0494. The second kappa shape index (κ2) is 7.86. The average molecular weight is 344 g/mol. The summed E-state index contributed by atoms with van der Waals surface area (Å²) in [5, 5.41) is 13.4. The molecule has 0 aliphatic heterocycles. The molecule has 9 heteroatoms. The number of nitrogens with zero attached hydrogens (tertiary/aromatic N) is 2. The number of primary amides is 1. The number of hydrogen-bond acceptors (Lipinski definition) is 6. The lowest BCUT2D eigenvalue weighted by molar-refractivity contribution is -0.384. The topological polar surface area (TPSA) is 137 Å². The smallest absolute Gasteiger partial charge is 0.269 e. The molecule has 1 atom stereocenters. The van der Waals surface area contributed by atoms with Gasteiger partial charge in [-0.15, -0.1) is 0 Å². The summed E-state index contributed by atoms with van der Waals surface area (Å²) in [5.74, 6) is -0.945. The Bertz CT molecular complexity index is 794. The molecule has 0 aliphatic rings. The van der Waals surface area contributed by atoms with Crippen LogP contribution in [-0.4, -0.2) is 34.9 Å². The highest BCUT2D eigenvalue weighted by atomic mass is 16.6. The van der Waals surface area contributed by atoms with Crippen LogP contribution in [0.4, 0.5) is 5.69 Å². The highest BCUT2D eigenvalue weighted by molar-refractivity contribution is 5.97. The van der Waals surface area contributed by atoms with E-state index in [1.807, 2.05) is 0 Å². The van der Waals surface area contributed by atoms with Crippen molar-refractivity contribution in [2.45, 2.75) is 12.5 Å². The maximum Gasteiger partial charge on any atom is 0.269 e. The van der Waals surface area contributed by atoms with Crippen LogP contribution >= 0.6 is 0 Å². The molecule has 1 heterocycles. The molecule has 0 aliphatic carbocycles. The summed E-state index contributed by atoms with van der Waals surface area (Å²) in [5.41, 5.74) is 5.85. The van der Waals surface area contributed by atoms with Crippen LogP contribution < -0.4 is 15.8 Å². The molecule has 1 aromatic carbocycles. The van der Waals surface area contributed by atoms with Gasteiger partial charge in [0.25, 0.3) is 11.6 Å². The molecule has 0 bridgehead atoms. The highest BCUT2D eigenvalue weighted by Gasteiger charge is 2.22. The van der Waals surface area contributed by atoms with Crippen molar-refractivity contribution in [1.29, 1.82) is 0 Å². The van der Waals surface area contributed by atoms with Crippen LogP contribution in [0.1, 0.15) is 15.9 Å². The fraction of sp³-hybridized carbons (Fsp3) is 0.188. The number of aromatic nitrogens is 1. The number of nitro benzene ring substituents is 1. The zero-order valence-electron chi connectivity index (χ0n) is 13.3. The molecular formula is C16H16N4O5. The standard InChI is InChI=1S/C16H16N4O5/c1-25-14-5-4-12(20(23)24)7-11(14)8-13(15(17)21)19-16(22)10-3-2-6-18-9-10/h2-7,9,13H,8H2,1H3,(H2,17,21)(H,19,22)/t13-/m0/s1. The molecule has 0 saturated carbocycles. The van der Waals surface area contributed by atoms with E-state index in [4.69, 9.17) is 10.5 Å². The molecule has 0 unspecified atom stereocenters. The Hall–Kier alpha value is -3.49. The SMILES string of the molecule is COc1ccc([N+](=O)[O-])cc1C[C@H](NC(=O)c1cccnc1)C(N)=O. The van der Waals surface area contributed by atoms with Crippen LogP contribution in [-0.2, 0) is 11.2 Å². The fourth-order valence-corrected chi connectivity index (χ4v) is 2.22. The van der Waals surface area contributed by atoms with Gasteiger partial charge in [-0.05, 0) is 18.2 Å². The molecule has 0 saturated heterocycles. The van der Waals surface area contributed by atoms with E-state index in [9.17, 15) is 19.7 Å². The lowest BCUT2D eigenvalue weighted by Crippen LogP contribution is -2.45. The molecule has 2 amide bonds. The summed E-state index contributed by atoms with van der Waals surface area (Å²) in [7, 11) is 1.40. The number of nitro groups is 1. The number of amides is 2. The maximum atomic E-state index is 12.2. The summed E-state index contributed by atoms with van der Waals surface area (Å²) >= 11 is 0. The van der Waals surface area contributed by atoms with Crippen molar-refractivity contribution in [3.63, 3.8) is 0 Å². The number of ether oxygens (including phenoxy) is 1. The van der Waals surface area contributed by atoms with Gasteiger partial charge in [0.05, 0.1) is 17.6 Å². The van der Waals surface area contributed by atoms with Gasteiger partial charge in [0.2, 0.25) is 5.91 Å². The number of carbonyl (C=O) groups is 2. The Kier molecular flexibility index (Phi) is 5.62. The van der Waals surface area contributed by atoms with Crippen molar-refractivity contribution in [2.24, 2.45) is 5.73 Å². The summed E-state index contributed by atoms with van der Waals surface area (Å²) < 4.78 is 5.15. The maximum absolute atomic E-state index is 12.2. The Balaban J connectivity index is 2.24. The second-order valence-corrected chi connectivity index (χ2v) is 5.13. The van der Waals surface area contributed by atoms with Crippen molar-refractivity contribution >= 4 is 17.5 Å². The number of nitrogens with two attached hydrogens (primary N) is 1. The summed E-state index contributed by atoms with van der Waals surface area (Å²) in [4.78, 5) is 38.1. The Morgan fingerprint density at radius 1 is 1.40 bits per heavy atom. The van der Waals surface area contributed by atoms with E-state index in [0.29, 0.717) is 11.3 Å². The Morgan fingerprint density at radius 3 is 2.72 bits per heavy atom. The van der Waals surface area contributed by atoms with Gasteiger partial charge in [0.15, 0.2) is 0 Å². The number of benzene rings is 1. The van der Waals surface area contributed by atoms with E-state index < -0.39 is 22.8 Å². The van der Waals surface area contributed by atoms with E-state index in [1.165, 1.54) is 43.8 Å². The minimum atomic E-state index is -1.07. The van der Waals surface area contributed by atoms with Crippen molar-refractivity contribution in [3.05, 3.63) is 64.0 Å². The van der Waals surface area contributed by atoms with E-state index in [0.717, 1.165) is 0 Å². The molecule has 2 rings (SSSR count). The molecule has 0 spiro atoms. The number of rotatable bonds is 7. The van der Waals surface area contributed by atoms with E-state index >= 15 is 0 Å². The zero-order chi connectivity index (χ0) is 18.4. The van der Waals surface area contributed by atoms with Gasteiger partial charge >= 0.3 is 0 Å². The van der Waals surface area contributed by atoms with E-state index in [2.05, 4.69) is 10.3 Å². The first kappa shape index (κ1) is 17.9. The zero-order valence-corrected chi connectivity index (χ0v) is 13.3. The predicted molar refractivity (Wildman–Crippen MR) is 88.0 cm³/mol. The minimum Gasteiger partial charge on any atom is -0.496 e. The first-order chi connectivity index (χ1) is 11.9. The summed E-state index contributed by atoms with van der Waals surface area (Å²) in [6.07, 6.45) is 2.81. The third-order valence-corrected chi connectivity index (χ3v) is 3.47. The molecule has 0 radical (unpaired) electrons. The number of pyridine rings is 1. The normalized spacial score (nSPS) is 11.4. The van der Waals surface area contributed by atoms with Gasteiger partial charge in [0.1, 0.15) is 11.8 Å². The average Bonchev–Trinajstić information content (AvgIpc) is 2.61. The highest BCUT2D eigenvalue weighted by Crippen LogP contribution is 2.25. The number of methoxy groups -OCH3 is 1. The van der Waals surface area contributed by atoms with Crippen molar-refractivity contribution in [2.75, 3.05) is 7.11 Å². The van der Waals surface area contributed by atoms with Crippen LogP contribution in [0.15, 0.2) is 42.7 Å². The Labute approximate surface area is 143 Å². The van der Waals surface area contributed by atoms with Crippen LogP contribution in [0, 0.1) is 10.1 Å². The van der Waals surface area contributed by atoms with Crippen LogP contribution in [0.5, 0.6) is 5.75 Å². The molecule has 25 heavy (non-hydrogen) atoms. The largest absolute Gasteiger partial charge is 0.496 e. The first-order valence-corrected chi connectivity index (χ1v) is 7.24. The van der Waals surface area contributed by atoms with Gasteiger partial charge in [0, 0.05) is 36.5 Å². The molecule has 0 fully saturated rings. The lowest BCUT2D eigenvalue weighted by atomic mass is 10.0. The van der Waals surface area contributed by atoms with Crippen LogP contribution in [0.2, 0.25) is 0 Å². The quantitative estimate of drug-likeness (QED) is 0.563. The van der Waals surface area contributed by atoms with Gasteiger partial charge in [-0.2, -0.15) is 0 Å². The number of non-ortho nitro benzene ring substituents is 1. The molecule has 130 valence electrons. The van der Waals surface area contributed by atoms with Gasteiger partial charge in [-0.25, -0.2) is 0 Å². The molecule has 2 aromatic rings. The third-order valence-electron chi connectivity index (χ3n) is 3.47. The monoisotopic (exact) mass is 344 g/mol. The molecule has 1 aromatic heterocycles. The van der Waals surface area contributed by atoms with Crippen LogP contribution in [0.25, 0.3) is 0 Å². The van der Waals surface area contributed by atoms with E-state index in [1.54, 1.807) is 6.07 Å². The Morgan fingerprint density at radius 2 is 2.16 bits per heavy atom. The number of nitrogens with one attached hydrogen (secondary N) is 1. The van der Waals surface area contributed by atoms with Crippen molar-refractivity contribution in [3.8, 4) is 5.75 Å². The van der Waals surface area contributed by atoms with Crippen molar-refractivity contribution < 1.29 is 19.2 Å². The third kappa shape index (κ3) is 4.50.